The van der Waals surface area contributed by atoms with E-state index < -0.39 is 11.7 Å². The molecule has 2 aliphatic rings. The van der Waals surface area contributed by atoms with Gasteiger partial charge in [-0.05, 0) is 43.9 Å². The van der Waals surface area contributed by atoms with Crippen LogP contribution in [-0.4, -0.2) is 30.8 Å². The second-order valence-electron chi connectivity index (χ2n) is 8.82. The summed E-state index contributed by atoms with van der Waals surface area (Å²) < 4.78 is 52.2. The lowest BCUT2D eigenvalue weighted by Gasteiger charge is -2.34. The number of hydrogen-bond donors (Lipinski definition) is 1. The highest BCUT2D eigenvalue weighted by atomic mass is 19.4. The fourth-order valence-corrected chi connectivity index (χ4v) is 4.44. The predicted octanol–water partition coefficient (Wildman–Crippen LogP) is 5.00. The topological polar surface area (TPSA) is 47.6 Å². The third-order valence-electron chi connectivity index (χ3n) is 5.92. The van der Waals surface area contributed by atoms with Crippen molar-refractivity contribution in [3.05, 3.63) is 53.6 Å². The van der Waals surface area contributed by atoms with Gasteiger partial charge < -0.3 is 14.8 Å². The standard InChI is InChI=1S/C24H26F3NO3/c1-23(2)13-16(10-11-30-23)22(29)28-14-17-12-15-6-5-8-19(21(15)31-17)18-7-3-4-9-20(18)24(25,26)27/h3-9,16-17H,10-14H2,1-2H3,(H,28,29)/t16-,17-/m0/s1. The summed E-state index contributed by atoms with van der Waals surface area (Å²) in [7, 11) is 0. The van der Waals surface area contributed by atoms with Gasteiger partial charge in [0.25, 0.3) is 0 Å². The lowest BCUT2D eigenvalue weighted by atomic mass is 9.88. The smallest absolute Gasteiger partial charge is 0.417 e. The van der Waals surface area contributed by atoms with E-state index in [4.69, 9.17) is 9.47 Å². The number of halogens is 3. The van der Waals surface area contributed by atoms with E-state index in [9.17, 15) is 18.0 Å². The van der Waals surface area contributed by atoms with Crippen LogP contribution in [0.1, 0.15) is 37.8 Å². The molecule has 0 aromatic heterocycles. The lowest BCUT2D eigenvalue weighted by molar-refractivity contribution is -0.137. The van der Waals surface area contributed by atoms with Gasteiger partial charge in [-0.3, -0.25) is 4.79 Å². The van der Waals surface area contributed by atoms with E-state index in [0.717, 1.165) is 11.6 Å². The second kappa shape index (κ2) is 8.19. The third kappa shape index (κ3) is 4.71. The zero-order valence-electron chi connectivity index (χ0n) is 17.6. The van der Waals surface area contributed by atoms with Gasteiger partial charge in [-0.15, -0.1) is 0 Å². The molecule has 2 aliphatic heterocycles. The average Bonchev–Trinajstić information content (AvgIpc) is 3.14. The summed E-state index contributed by atoms with van der Waals surface area (Å²) in [6.45, 7) is 4.82. The Bertz CT molecular complexity index is 971. The fraction of sp³-hybridized carbons (Fsp3) is 0.458. The number of ether oxygens (including phenoxy) is 2. The number of hydrogen-bond acceptors (Lipinski definition) is 3. The number of carbonyl (C=O) groups excluding carboxylic acids is 1. The molecule has 2 aromatic rings. The Hall–Kier alpha value is -2.54. The monoisotopic (exact) mass is 433 g/mol. The van der Waals surface area contributed by atoms with Gasteiger partial charge in [-0.2, -0.15) is 13.2 Å². The van der Waals surface area contributed by atoms with E-state index in [1.54, 1.807) is 18.2 Å². The molecule has 0 spiro atoms. The van der Waals surface area contributed by atoms with Crippen molar-refractivity contribution in [2.45, 2.75) is 51.0 Å². The van der Waals surface area contributed by atoms with Crippen molar-refractivity contribution in [2.24, 2.45) is 5.92 Å². The Labute approximate surface area is 179 Å². The highest BCUT2D eigenvalue weighted by Gasteiger charge is 2.36. The Morgan fingerprint density at radius 3 is 2.61 bits per heavy atom. The molecule has 4 nitrogen and oxygen atoms in total. The molecule has 0 unspecified atom stereocenters. The van der Waals surface area contributed by atoms with E-state index in [1.165, 1.54) is 12.1 Å². The first-order valence-corrected chi connectivity index (χ1v) is 10.5. The van der Waals surface area contributed by atoms with Crippen molar-refractivity contribution in [3.8, 4) is 16.9 Å². The van der Waals surface area contributed by atoms with E-state index in [-0.39, 0.29) is 29.1 Å². The van der Waals surface area contributed by atoms with Gasteiger partial charge >= 0.3 is 6.18 Å². The van der Waals surface area contributed by atoms with E-state index in [2.05, 4.69) is 5.32 Å². The summed E-state index contributed by atoms with van der Waals surface area (Å²) in [6, 6.07) is 10.8. The molecule has 0 saturated carbocycles. The molecule has 31 heavy (non-hydrogen) atoms. The largest absolute Gasteiger partial charge is 0.487 e. The van der Waals surface area contributed by atoms with Crippen LogP contribution in [0, 0.1) is 5.92 Å². The van der Waals surface area contributed by atoms with Gasteiger partial charge in [-0.25, -0.2) is 0 Å². The van der Waals surface area contributed by atoms with Crippen LogP contribution in [0.5, 0.6) is 5.75 Å². The van der Waals surface area contributed by atoms with Gasteiger partial charge in [0.05, 0.1) is 17.7 Å². The molecule has 1 amide bonds. The minimum absolute atomic E-state index is 0.0291. The minimum atomic E-state index is -4.46. The Morgan fingerprint density at radius 1 is 1.13 bits per heavy atom. The average molecular weight is 433 g/mol. The number of fused-ring (bicyclic) bond motifs is 1. The number of benzene rings is 2. The first-order chi connectivity index (χ1) is 14.6. The maximum absolute atomic E-state index is 13.5. The van der Waals surface area contributed by atoms with E-state index in [1.807, 2.05) is 19.9 Å². The summed E-state index contributed by atoms with van der Waals surface area (Å²) in [5.74, 6) is 0.325. The summed E-state index contributed by atoms with van der Waals surface area (Å²) in [4.78, 5) is 12.6. The highest BCUT2D eigenvalue weighted by molar-refractivity contribution is 5.79. The van der Waals surface area contributed by atoms with Crippen LogP contribution in [-0.2, 0) is 22.1 Å². The number of amides is 1. The zero-order chi connectivity index (χ0) is 22.2. The van der Waals surface area contributed by atoms with Gasteiger partial charge in [0, 0.05) is 24.5 Å². The Balaban J connectivity index is 1.47. The molecular formula is C24H26F3NO3. The summed E-state index contributed by atoms with van der Waals surface area (Å²) >= 11 is 0. The van der Waals surface area contributed by atoms with E-state index >= 15 is 0 Å². The first kappa shape index (κ1) is 21.7. The minimum Gasteiger partial charge on any atom is -0.487 e. The molecule has 2 atom stereocenters. The van der Waals surface area contributed by atoms with Crippen molar-refractivity contribution < 1.29 is 27.4 Å². The molecule has 166 valence electrons. The van der Waals surface area contributed by atoms with Gasteiger partial charge in [-0.1, -0.05) is 36.4 Å². The molecule has 2 heterocycles. The molecule has 4 rings (SSSR count). The molecule has 1 N–H and O–H groups in total. The van der Waals surface area contributed by atoms with Crippen molar-refractivity contribution in [1.29, 1.82) is 0 Å². The summed E-state index contributed by atoms with van der Waals surface area (Å²) in [6.07, 6.45) is -2.90. The molecule has 0 bridgehead atoms. The van der Waals surface area contributed by atoms with Gasteiger partial charge in [0.1, 0.15) is 11.9 Å². The molecule has 7 heteroatoms. The van der Waals surface area contributed by atoms with Crippen LogP contribution < -0.4 is 10.1 Å². The van der Waals surface area contributed by atoms with Crippen LogP contribution in [0.15, 0.2) is 42.5 Å². The quantitative estimate of drug-likeness (QED) is 0.739. The van der Waals surface area contributed by atoms with Crippen LogP contribution in [0.2, 0.25) is 0 Å². The van der Waals surface area contributed by atoms with Gasteiger partial charge in [0.15, 0.2) is 0 Å². The van der Waals surface area contributed by atoms with Crippen molar-refractivity contribution in [1.82, 2.24) is 5.32 Å². The third-order valence-corrected chi connectivity index (χ3v) is 5.92. The lowest BCUT2D eigenvalue weighted by Crippen LogP contribution is -2.43. The second-order valence-corrected chi connectivity index (χ2v) is 8.82. The molecular weight excluding hydrogens is 407 g/mol. The van der Waals surface area contributed by atoms with Crippen LogP contribution in [0.25, 0.3) is 11.1 Å². The first-order valence-electron chi connectivity index (χ1n) is 10.5. The predicted molar refractivity (Wildman–Crippen MR) is 111 cm³/mol. The molecule has 1 fully saturated rings. The summed E-state index contributed by atoms with van der Waals surface area (Å²) in [5.41, 5.74) is 0.361. The van der Waals surface area contributed by atoms with Gasteiger partial charge in [0.2, 0.25) is 5.91 Å². The zero-order valence-corrected chi connectivity index (χ0v) is 17.6. The fourth-order valence-electron chi connectivity index (χ4n) is 4.44. The van der Waals surface area contributed by atoms with E-state index in [0.29, 0.717) is 43.7 Å². The normalized spacial score (nSPS) is 22.5. The number of carbonyl (C=O) groups is 1. The maximum Gasteiger partial charge on any atom is 0.417 e. The van der Waals surface area contributed by atoms with Crippen LogP contribution in [0.4, 0.5) is 13.2 Å². The molecule has 1 saturated heterocycles. The molecule has 0 aliphatic carbocycles. The Kier molecular flexibility index (Phi) is 5.73. The van der Waals surface area contributed by atoms with Crippen molar-refractivity contribution >= 4 is 5.91 Å². The van der Waals surface area contributed by atoms with Crippen molar-refractivity contribution in [2.75, 3.05) is 13.2 Å². The number of para-hydroxylation sites is 1. The Morgan fingerprint density at radius 2 is 1.87 bits per heavy atom. The number of alkyl halides is 3. The van der Waals surface area contributed by atoms with Crippen LogP contribution in [0.3, 0.4) is 0 Å². The SMILES string of the molecule is CC1(C)C[C@@H](C(=O)NC[C@@H]2Cc3cccc(-c4ccccc4C(F)(F)F)c3O2)CCO1. The molecule has 2 aromatic carbocycles. The van der Waals surface area contributed by atoms with Crippen molar-refractivity contribution in [3.63, 3.8) is 0 Å². The highest BCUT2D eigenvalue weighted by Crippen LogP contribution is 2.43. The van der Waals surface area contributed by atoms with Crippen LogP contribution >= 0.6 is 0 Å². The number of nitrogens with one attached hydrogen (secondary N) is 1. The number of rotatable bonds is 4. The molecule has 0 radical (unpaired) electrons. The summed E-state index contributed by atoms with van der Waals surface area (Å²) in [5, 5.41) is 2.96. The maximum atomic E-state index is 13.5.